The average Bonchev–Trinajstić information content (AvgIpc) is 2.83. The van der Waals surface area contributed by atoms with Gasteiger partial charge < -0.3 is 30.3 Å². The van der Waals surface area contributed by atoms with Crippen molar-refractivity contribution in [1.82, 2.24) is 10.2 Å². The van der Waals surface area contributed by atoms with Crippen molar-refractivity contribution in [2.45, 2.75) is 51.4 Å². The molecular weight excluding hydrogens is 448 g/mol. The Morgan fingerprint density at radius 2 is 1.77 bits per heavy atom. The summed E-state index contributed by atoms with van der Waals surface area (Å²) < 4.78 is 12.2. The van der Waals surface area contributed by atoms with Crippen LogP contribution in [0.2, 0.25) is 0 Å². The fourth-order valence-corrected chi connectivity index (χ4v) is 4.51. The Kier molecular flexibility index (Phi) is 7.55. The maximum absolute atomic E-state index is 13.3. The van der Waals surface area contributed by atoms with Crippen molar-refractivity contribution in [1.29, 1.82) is 0 Å². The maximum Gasteiger partial charge on any atom is 0.323 e. The number of hydrogen-bond acceptors (Lipinski definition) is 5. The van der Waals surface area contributed by atoms with Crippen molar-refractivity contribution in [3.63, 3.8) is 0 Å². The number of nitrogens with one attached hydrogen (secondary N) is 3. The molecule has 2 aliphatic heterocycles. The first-order valence-electron chi connectivity index (χ1n) is 11.9. The number of ether oxygens (including phenoxy) is 2. The van der Waals surface area contributed by atoms with Gasteiger partial charge in [0.2, 0.25) is 5.91 Å². The molecule has 0 aliphatic carbocycles. The minimum atomic E-state index is -0.403. The van der Waals surface area contributed by atoms with E-state index >= 15 is 0 Å². The number of nitrogens with zero attached hydrogens (tertiary/aromatic N) is 1. The number of carbonyl (C=O) groups is 3. The van der Waals surface area contributed by atoms with E-state index in [1.165, 1.54) is 0 Å². The van der Waals surface area contributed by atoms with Crippen LogP contribution in [0.5, 0.6) is 5.75 Å². The highest BCUT2D eigenvalue weighted by molar-refractivity contribution is 6.02. The van der Waals surface area contributed by atoms with Gasteiger partial charge in [-0.1, -0.05) is 17.7 Å². The van der Waals surface area contributed by atoms with Crippen LogP contribution in [0.1, 0.15) is 42.1 Å². The SMILES string of the molecule is CCNC(=O)C[C@@H]1CC[C@@H]2[C@H](COc3ccc(NC(=O)Nc4ccc(C)cc4)cc3C(=O)N2C)O1. The Hall–Kier alpha value is -3.59. The van der Waals surface area contributed by atoms with Crippen LogP contribution in [0.25, 0.3) is 0 Å². The highest BCUT2D eigenvalue weighted by atomic mass is 16.5. The van der Waals surface area contributed by atoms with E-state index in [1.807, 2.05) is 38.1 Å². The lowest BCUT2D eigenvalue weighted by molar-refractivity contribution is -0.133. The second-order valence-electron chi connectivity index (χ2n) is 8.98. The highest BCUT2D eigenvalue weighted by Crippen LogP contribution is 2.32. The van der Waals surface area contributed by atoms with Gasteiger partial charge in [-0.2, -0.15) is 0 Å². The molecule has 186 valence electrons. The number of amides is 4. The second kappa shape index (κ2) is 10.8. The van der Waals surface area contributed by atoms with Gasteiger partial charge in [-0.05, 0) is 57.0 Å². The predicted molar refractivity (Wildman–Crippen MR) is 133 cm³/mol. The predicted octanol–water partition coefficient (Wildman–Crippen LogP) is 3.55. The molecule has 0 unspecified atom stereocenters. The zero-order chi connectivity index (χ0) is 24.9. The van der Waals surface area contributed by atoms with Crippen molar-refractivity contribution in [2.75, 3.05) is 30.8 Å². The summed E-state index contributed by atoms with van der Waals surface area (Å²) >= 11 is 0. The first-order chi connectivity index (χ1) is 16.8. The zero-order valence-corrected chi connectivity index (χ0v) is 20.3. The number of hydrogen-bond donors (Lipinski definition) is 3. The average molecular weight is 481 g/mol. The third kappa shape index (κ3) is 5.92. The molecular formula is C26H32N4O5. The summed E-state index contributed by atoms with van der Waals surface area (Å²) in [5.41, 5.74) is 2.64. The van der Waals surface area contributed by atoms with E-state index in [2.05, 4.69) is 16.0 Å². The van der Waals surface area contributed by atoms with Crippen LogP contribution in [0.15, 0.2) is 42.5 Å². The van der Waals surface area contributed by atoms with Gasteiger partial charge in [0.1, 0.15) is 18.5 Å². The number of benzene rings is 2. The normalized spacial score (nSPS) is 21.5. The number of rotatable bonds is 5. The number of fused-ring (bicyclic) bond motifs is 2. The lowest BCUT2D eigenvalue weighted by atomic mass is 9.94. The summed E-state index contributed by atoms with van der Waals surface area (Å²) in [6.07, 6.45) is 1.16. The number of urea groups is 1. The summed E-state index contributed by atoms with van der Waals surface area (Å²) in [6, 6.07) is 11.9. The molecule has 3 atom stereocenters. The van der Waals surface area contributed by atoms with Gasteiger partial charge in [-0.3, -0.25) is 9.59 Å². The van der Waals surface area contributed by atoms with Gasteiger partial charge >= 0.3 is 6.03 Å². The fourth-order valence-electron chi connectivity index (χ4n) is 4.51. The van der Waals surface area contributed by atoms with Gasteiger partial charge in [0.25, 0.3) is 5.91 Å². The minimum absolute atomic E-state index is 0.0380. The first kappa shape index (κ1) is 24.5. The van der Waals surface area contributed by atoms with Crippen LogP contribution in [-0.2, 0) is 9.53 Å². The molecule has 2 aromatic rings. The zero-order valence-electron chi connectivity index (χ0n) is 20.3. The highest BCUT2D eigenvalue weighted by Gasteiger charge is 2.39. The van der Waals surface area contributed by atoms with Crippen molar-refractivity contribution < 1.29 is 23.9 Å². The summed E-state index contributed by atoms with van der Waals surface area (Å²) in [7, 11) is 1.76. The van der Waals surface area contributed by atoms with Crippen molar-refractivity contribution in [3.8, 4) is 5.75 Å². The van der Waals surface area contributed by atoms with Gasteiger partial charge in [-0.15, -0.1) is 0 Å². The van der Waals surface area contributed by atoms with E-state index in [-0.39, 0.29) is 36.7 Å². The van der Waals surface area contributed by atoms with Crippen LogP contribution >= 0.6 is 0 Å². The molecule has 0 spiro atoms. The summed E-state index contributed by atoms with van der Waals surface area (Å²) in [5.74, 6) is 0.186. The van der Waals surface area contributed by atoms with E-state index in [0.29, 0.717) is 48.5 Å². The van der Waals surface area contributed by atoms with E-state index in [1.54, 1.807) is 30.1 Å². The molecule has 9 nitrogen and oxygen atoms in total. The van der Waals surface area contributed by atoms with Crippen LogP contribution in [0.3, 0.4) is 0 Å². The van der Waals surface area contributed by atoms with Gasteiger partial charge in [-0.25, -0.2) is 4.79 Å². The molecule has 9 heteroatoms. The molecule has 0 saturated carbocycles. The fraction of sp³-hybridized carbons (Fsp3) is 0.423. The minimum Gasteiger partial charge on any atom is -0.490 e. The number of likely N-dealkylation sites (N-methyl/N-ethyl adjacent to an activating group) is 1. The van der Waals surface area contributed by atoms with E-state index in [9.17, 15) is 14.4 Å². The maximum atomic E-state index is 13.3. The molecule has 0 radical (unpaired) electrons. The molecule has 2 heterocycles. The third-order valence-electron chi connectivity index (χ3n) is 6.37. The molecule has 2 aliphatic rings. The second-order valence-corrected chi connectivity index (χ2v) is 8.98. The Morgan fingerprint density at radius 3 is 2.51 bits per heavy atom. The molecule has 2 aromatic carbocycles. The molecule has 4 rings (SSSR count). The quantitative estimate of drug-likeness (QED) is 0.607. The van der Waals surface area contributed by atoms with Crippen molar-refractivity contribution in [2.24, 2.45) is 0 Å². The standard InChI is InChI=1S/C26H32N4O5/c1-4-27-24(31)14-19-10-11-21-23(35-19)15-34-22-12-9-18(13-20(22)25(32)30(21)3)29-26(33)28-17-7-5-16(2)6-8-17/h5-9,12-13,19,21,23H,4,10-11,14-15H2,1-3H3,(H,27,31)(H2,28,29,33)/t19-,21+,23-/m0/s1. The van der Waals surface area contributed by atoms with Crippen molar-refractivity contribution in [3.05, 3.63) is 53.6 Å². The topological polar surface area (TPSA) is 109 Å². The largest absolute Gasteiger partial charge is 0.490 e. The van der Waals surface area contributed by atoms with Crippen LogP contribution in [-0.4, -0.2) is 61.2 Å². The Bertz CT molecular complexity index is 1090. The Balaban J connectivity index is 1.44. The molecule has 0 aromatic heterocycles. The van der Waals surface area contributed by atoms with Crippen LogP contribution in [0.4, 0.5) is 16.2 Å². The van der Waals surface area contributed by atoms with Crippen molar-refractivity contribution >= 4 is 29.2 Å². The summed E-state index contributed by atoms with van der Waals surface area (Å²) in [4.78, 5) is 39.5. The smallest absolute Gasteiger partial charge is 0.323 e. The summed E-state index contributed by atoms with van der Waals surface area (Å²) in [6.45, 7) is 4.71. The lowest BCUT2D eigenvalue weighted by Crippen LogP contribution is -2.54. The van der Waals surface area contributed by atoms with Gasteiger partial charge in [0.05, 0.1) is 24.1 Å². The van der Waals surface area contributed by atoms with Gasteiger partial charge in [0, 0.05) is 25.0 Å². The van der Waals surface area contributed by atoms with E-state index in [0.717, 1.165) is 5.56 Å². The van der Waals surface area contributed by atoms with E-state index in [4.69, 9.17) is 9.47 Å². The monoisotopic (exact) mass is 480 g/mol. The third-order valence-corrected chi connectivity index (χ3v) is 6.37. The van der Waals surface area contributed by atoms with E-state index < -0.39 is 6.03 Å². The number of anilines is 2. The molecule has 1 saturated heterocycles. The molecule has 35 heavy (non-hydrogen) atoms. The van der Waals surface area contributed by atoms with Crippen LogP contribution < -0.4 is 20.7 Å². The lowest BCUT2D eigenvalue weighted by Gasteiger charge is -2.42. The Labute approximate surface area is 205 Å². The molecule has 0 bridgehead atoms. The number of carbonyl (C=O) groups excluding carboxylic acids is 3. The Morgan fingerprint density at radius 1 is 1.06 bits per heavy atom. The van der Waals surface area contributed by atoms with Gasteiger partial charge in [0.15, 0.2) is 0 Å². The first-order valence-corrected chi connectivity index (χ1v) is 11.9. The summed E-state index contributed by atoms with van der Waals surface area (Å²) in [5, 5.41) is 8.36. The molecule has 4 amide bonds. The molecule has 3 N–H and O–H groups in total. The van der Waals surface area contributed by atoms with Crippen LogP contribution in [0, 0.1) is 6.92 Å². The molecule has 1 fully saturated rings. The number of aryl methyl sites for hydroxylation is 1.